The van der Waals surface area contributed by atoms with Crippen LogP contribution >= 0.6 is 11.3 Å². The van der Waals surface area contributed by atoms with Crippen molar-refractivity contribution < 1.29 is 14.6 Å². The number of nitrogens with zero attached hydrogens (tertiary/aromatic N) is 3. The Morgan fingerprint density at radius 3 is 2.82 bits per heavy atom. The fourth-order valence-electron chi connectivity index (χ4n) is 4.23. The number of aromatic nitrogens is 2. The molecule has 172 valence electrons. The fraction of sp³-hybridized carbons (Fsp3) is 0.222. The molecule has 0 radical (unpaired) electrons. The summed E-state index contributed by atoms with van der Waals surface area (Å²) in [6.45, 7) is 3.36. The quantitative estimate of drug-likeness (QED) is 0.366. The molecule has 2 aromatic carbocycles. The molecule has 6 nitrogen and oxygen atoms in total. The Morgan fingerprint density at radius 2 is 2.00 bits per heavy atom. The van der Waals surface area contributed by atoms with Gasteiger partial charge in [-0.25, -0.2) is 9.78 Å². The van der Waals surface area contributed by atoms with Gasteiger partial charge in [0.2, 0.25) is 0 Å². The van der Waals surface area contributed by atoms with Crippen LogP contribution in [0.4, 0.5) is 5.69 Å². The van der Waals surface area contributed by atoms with Gasteiger partial charge in [0, 0.05) is 40.6 Å². The van der Waals surface area contributed by atoms with Crippen molar-refractivity contribution in [3.05, 3.63) is 94.1 Å². The largest absolute Gasteiger partial charge is 0.489 e. The monoisotopic (exact) mass is 471 g/mol. The Balaban J connectivity index is 1.24. The van der Waals surface area contributed by atoms with Crippen LogP contribution in [0.1, 0.15) is 39.8 Å². The summed E-state index contributed by atoms with van der Waals surface area (Å²) >= 11 is 1.69. The Kier molecular flexibility index (Phi) is 6.27. The highest BCUT2D eigenvalue weighted by Crippen LogP contribution is 2.33. The van der Waals surface area contributed by atoms with Gasteiger partial charge in [-0.1, -0.05) is 18.2 Å². The molecule has 0 aliphatic carbocycles. The van der Waals surface area contributed by atoms with E-state index in [-0.39, 0.29) is 12.2 Å². The number of thiazole rings is 1. The summed E-state index contributed by atoms with van der Waals surface area (Å²) in [5, 5.41) is 12.3. The fourth-order valence-corrected chi connectivity index (χ4v) is 5.04. The third kappa shape index (κ3) is 4.79. The molecule has 1 unspecified atom stereocenters. The Bertz CT molecular complexity index is 1300. The minimum atomic E-state index is -1.000. The molecule has 3 heterocycles. The molecule has 0 amide bonds. The van der Waals surface area contributed by atoms with Gasteiger partial charge < -0.3 is 14.7 Å². The van der Waals surface area contributed by atoms with E-state index < -0.39 is 5.97 Å². The molecule has 1 N–H and O–H groups in total. The summed E-state index contributed by atoms with van der Waals surface area (Å²) < 4.78 is 5.81. The van der Waals surface area contributed by atoms with Crippen molar-refractivity contribution >= 4 is 23.0 Å². The van der Waals surface area contributed by atoms with Gasteiger partial charge >= 0.3 is 5.97 Å². The summed E-state index contributed by atoms with van der Waals surface area (Å²) in [6, 6.07) is 18.5. The smallest absolute Gasteiger partial charge is 0.337 e. The zero-order chi connectivity index (χ0) is 23.5. The third-order valence-corrected chi connectivity index (χ3v) is 6.95. The second-order valence-electron chi connectivity index (χ2n) is 8.47. The van der Waals surface area contributed by atoms with Crippen LogP contribution in [0.25, 0.3) is 11.3 Å². The van der Waals surface area contributed by atoms with E-state index >= 15 is 0 Å². The number of fused-ring (bicyclic) bond motifs is 1. The van der Waals surface area contributed by atoms with Gasteiger partial charge in [0.15, 0.2) is 0 Å². The number of carbonyl (C=O) groups is 1. The number of para-hydroxylation sites is 1. The maximum atomic E-state index is 11.1. The molecule has 2 aromatic heterocycles. The van der Waals surface area contributed by atoms with Gasteiger partial charge in [0.25, 0.3) is 0 Å². The number of benzene rings is 2. The van der Waals surface area contributed by atoms with Crippen LogP contribution in [0.15, 0.2) is 72.4 Å². The molecule has 0 saturated heterocycles. The molecular formula is C27H25N3O3S. The molecule has 0 saturated carbocycles. The van der Waals surface area contributed by atoms with Crippen molar-refractivity contribution in [1.82, 2.24) is 9.97 Å². The minimum Gasteiger partial charge on any atom is -0.489 e. The van der Waals surface area contributed by atoms with E-state index in [4.69, 9.17) is 14.8 Å². The predicted molar refractivity (Wildman–Crippen MR) is 133 cm³/mol. The number of rotatable bonds is 7. The van der Waals surface area contributed by atoms with Gasteiger partial charge in [-0.15, -0.1) is 11.3 Å². The van der Waals surface area contributed by atoms with Crippen molar-refractivity contribution in [2.24, 2.45) is 0 Å². The first-order valence-electron chi connectivity index (χ1n) is 11.3. The average Bonchev–Trinajstić information content (AvgIpc) is 3.34. The highest BCUT2D eigenvalue weighted by molar-refractivity contribution is 7.10. The van der Waals surface area contributed by atoms with Crippen LogP contribution in [-0.2, 0) is 19.6 Å². The Labute approximate surface area is 202 Å². The SMILES string of the molecule is CC1CCc2ccccc2N1Cc1nc(-c2ccc(OCc3cncc(C(=O)O)c3)cc2)cs1. The van der Waals surface area contributed by atoms with Crippen molar-refractivity contribution in [2.75, 3.05) is 4.90 Å². The maximum absolute atomic E-state index is 11.1. The number of anilines is 1. The lowest BCUT2D eigenvalue weighted by atomic mass is 9.97. The van der Waals surface area contributed by atoms with Gasteiger partial charge in [0.05, 0.1) is 17.8 Å². The summed E-state index contributed by atoms with van der Waals surface area (Å²) in [5.74, 6) is -0.293. The number of hydrogen-bond acceptors (Lipinski definition) is 6. The van der Waals surface area contributed by atoms with E-state index in [1.807, 2.05) is 24.3 Å². The molecule has 7 heteroatoms. The van der Waals surface area contributed by atoms with Gasteiger partial charge in [-0.3, -0.25) is 4.98 Å². The standard InChI is InChI=1S/C27H25N3O3S/c1-18-6-7-21-4-2-3-5-25(21)30(18)15-26-29-24(17-34-26)20-8-10-23(11-9-20)33-16-19-12-22(27(31)32)14-28-13-19/h2-5,8-14,17-18H,6-7,15-16H2,1H3,(H,31,32). The number of carboxylic acids is 1. The van der Waals surface area contributed by atoms with E-state index in [1.54, 1.807) is 23.6 Å². The van der Waals surface area contributed by atoms with Crippen LogP contribution in [-0.4, -0.2) is 27.1 Å². The predicted octanol–water partition coefficient (Wildman–Crippen LogP) is 5.82. The van der Waals surface area contributed by atoms with Crippen molar-refractivity contribution in [3.63, 3.8) is 0 Å². The average molecular weight is 472 g/mol. The summed E-state index contributed by atoms with van der Waals surface area (Å²) in [7, 11) is 0. The molecule has 34 heavy (non-hydrogen) atoms. The zero-order valence-corrected chi connectivity index (χ0v) is 19.7. The molecule has 0 fully saturated rings. The number of pyridine rings is 1. The van der Waals surface area contributed by atoms with Gasteiger partial charge in [-0.05, 0) is 61.7 Å². The number of ether oxygens (including phenoxy) is 1. The lowest BCUT2D eigenvalue weighted by Crippen LogP contribution is -2.36. The second kappa shape index (κ2) is 9.65. The first-order chi connectivity index (χ1) is 16.6. The van der Waals surface area contributed by atoms with E-state index in [2.05, 4.69) is 46.5 Å². The molecular weight excluding hydrogens is 446 g/mol. The second-order valence-corrected chi connectivity index (χ2v) is 9.41. The first-order valence-corrected chi connectivity index (χ1v) is 12.1. The first kappa shape index (κ1) is 22.1. The molecule has 1 aliphatic rings. The van der Waals surface area contributed by atoms with Crippen molar-refractivity contribution in [2.45, 2.75) is 39.0 Å². The van der Waals surface area contributed by atoms with Gasteiger partial charge in [0.1, 0.15) is 17.4 Å². The number of carboxylic acid groups (broad SMARTS) is 1. The summed E-state index contributed by atoms with van der Waals surface area (Å²) in [5.41, 5.74) is 5.60. The van der Waals surface area contributed by atoms with E-state index in [9.17, 15) is 4.79 Å². The van der Waals surface area contributed by atoms with E-state index in [1.165, 1.54) is 17.4 Å². The Hall–Kier alpha value is -3.71. The van der Waals surface area contributed by atoms with Crippen molar-refractivity contribution in [1.29, 1.82) is 0 Å². The number of aromatic carboxylic acids is 1. The molecule has 4 aromatic rings. The van der Waals surface area contributed by atoms with E-state index in [0.29, 0.717) is 17.4 Å². The maximum Gasteiger partial charge on any atom is 0.337 e. The van der Waals surface area contributed by atoms with Crippen molar-refractivity contribution in [3.8, 4) is 17.0 Å². The van der Waals surface area contributed by atoms with Crippen LogP contribution in [0, 0.1) is 0 Å². The Morgan fingerprint density at radius 1 is 1.18 bits per heavy atom. The molecule has 0 bridgehead atoms. The normalized spacial score (nSPS) is 15.1. The van der Waals surface area contributed by atoms with E-state index in [0.717, 1.165) is 35.7 Å². The lowest BCUT2D eigenvalue weighted by Gasteiger charge is -2.36. The third-order valence-electron chi connectivity index (χ3n) is 6.12. The highest BCUT2D eigenvalue weighted by atomic mass is 32.1. The molecule has 1 atom stereocenters. The zero-order valence-electron chi connectivity index (χ0n) is 18.8. The summed E-state index contributed by atoms with van der Waals surface area (Å²) in [4.78, 5) is 22.4. The lowest BCUT2D eigenvalue weighted by molar-refractivity contribution is 0.0696. The molecule has 5 rings (SSSR count). The van der Waals surface area contributed by atoms with Crippen LogP contribution in [0.3, 0.4) is 0 Å². The topological polar surface area (TPSA) is 75.5 Å². The van der Waals surface area contributed by atoms with Crippen LogP contribution < -0.4 is 9.64 Å². The molecule has 0 spiro atoms. The molecule has 1 aliphatic heterocycles. The number of aryl methyl sites for hydroxylation is 1. The summed E-state index contributed by atoms with van der Waals surface area (Å²) in [6.07, 6.45) is 5.23. The minimum absolute atomic E-state index is 0.151. The van der Waals surface area contributed by atoms with Crippen LogP contribution in [0.2, 0.25) is 0 Å². The van der Waals surface area contributed by atoms with Gasteiger partial charge in [-0.2, -0.15) is 0 Å². The van der Waals surface area contributed by atoms with Crippen LogP contribution in [0.5, 0.6) is 5.75 Å². The number of hydrogen-bond donors (Lipinski definition) is 1. The highest BCUT2D eigenvalue weighted by Gasteiger charge is 2.23.